The first-order valence-electron chi connectivity index (χ1n) is 8.08. The Labute approximate surface area is 161 Å². The molecule has 0 radical (unpaired) electrons. The molecule has 8 heteroatoms. The largest absolute Gasteiger partial charge is 0.369 e. The minimum atomic E-state index is -0.564. The van der Waals surface area contributed by atoms with E-state index in [0.717, 1.165) is 26.2 Å². The lowest BCUT2D eigenvalue weighted by atomic mass is 10.1. The molecule has 0 amide bonds. The number of benzene rings is 1. The van der Waals surface area contributed by atoms with Crippen LogP contribution in [0.5, 0.6) is 0 Å². The fraction of sp³-hybridized carbons (Fsp3) is 0.529. The van der Waals surface area contributed by atoms with E-state index in [1.165, 1.54) is 11.3 Å². The SMILES string of the molecule is Cc1cccc(N2CCN(Cc3nc(C(C)(C)N)no3)CC2)c1.Cl.Cl. The lowest BCUT2D eigenvalue weighted by molar-refractivity contribution is 0.215. The Morgan fingerprint density at radius 1 is 1.16 bits per heavy atom. The summed E-state index contributed by atoms with van der Waals surface area (Å²) in [5, 5.41) is 3.98. The number of rotatable bonds is 4. The lowest BCUT2D eigenvalue weighted by Crippen LogP contribution is -2.46. The van der Waals surface area contributed by atoms with Crippen LogP contribution in [0.15, 0.2) is 28.8 Å². The fourth-order valence-corrected chi connectivity index (χ4v) is 2.76. The van der Waals surface area contributed by atoms with Gasteiger partial charge >= 0.3 is 0 Å². The minimum Gasteiger partial charge on any atom is -0.369 e. The van der Waals surface area contributed by atoms with Crippen LogP contribution in [0, 0.1) is 6.92 Å². The number of nitrogens with zero attached hydrogens (tertiary/aromatic N) is 4. The van der Waals surface area contributed by atoms with Crippen molar-refractivity contribution in [3.05, 3.63) is 41.5 Å². The van der Waals surface area contributed by atoms with E-state index in [1.807, 2.05) is 13.8 Å². The van der Waals surface area contributed by atoms with Crippen molar-refractivity contribution >= 4 is 30.5 Å². The van der Waals surface area contributed by atoms with Gasteiger partial charge in [0.15, 0.2) is 5.82 Å². The second kappa shape index (κ2) is 8.85. The first-order valence-corrected chi connectivity index (χ1v) is 8.08. The molecule has 25 heavy (non-hydrogen) atoms. The Bertz CT molecular complexity index is 663. The van der Waals surface area contributed by atoms with Crippen molar-refractivity contribution < 1.29 is 4.52 Å². The van der Waals surface area contributed by atoms with Crippen molar-refractivity contribution in [3.8, 4) is 0 Å². The number of hydrogen-bond donors (Lipinski definition) is 1. The molecule has 1 aliphatic rings. The van der Waals surface area contributed by atoms with Crippen molar-refractivity contribution in [1.29, 1.82) is 0 Å². The summed E-state index contributed by atoms with van der Waals surface area (Å²) in [4.78, 5) is 9.17. The summed E-state index contributed by atoms with van der Waals surface area (Å²) in [5.74, 6) is 1.20. The highest BCUT2D eigenvalue weighted by molar-refractivity contribution is 5.85. The molecular formula is C17H27Cl2N5O. The third-order valence-corrected chi connectivity index (χ3v) is 4.14. The molecular weight excluding hydrogens is 361 g/mol. The van der Waals surface area contributed by atoms with Gasteiger partial charge in [-0.05, 0) is 38.5 Å². The maximum Gasteiger partial charge on any atom is 0.240 e. The Balaban J connectivity index is 0.00000156. The number of halogens is 2. The van der Waals surface area contributed by atoms with Crippen molar-refractivity contribution in [1.82, 2.24) is 15.0 Å². The molecule has 1 aliphatic heterocycles. The zero-order valence-corrected chi connectivity index (χ0v) is 16.6. The normalized spacial score (nSPS) is 15.4. The van der Waals surface area contributed by atoms with Gasteiger partial charge in [-0.2, -0.15) is 4.98 Å². The molecule has 0 spiro atoms. The molecule has 140 valence electrons. The molecule has 0 bridgehead atoms. The molecule has 6 nitrogen and oxygen atoms in total. The van der Waals surface area contributed by atoms with Gasteiger partial charge in [0.2, 0.25) is 5.89 Å². The smallest absolute Gasteiger partial charge is 0.240 e. The average molecular weight is 388 g/mol. The van der Waals surface area contributed by atoms with E-state index in [4.69, 9.17) is 10.3 Å². The van der Waals surface area contributed by atoms with Crippen LogP contribution in [-0.2, 0) is 12.1 Å². The summed E-state index contributed by atoms with van der Waals surface area (Å²) < 4.78 is 5.32. The molecule has 2 N–H and O–H groups in total. The van der Waals surface area contributed by atoms with Crippen LogP contribution in [0.3, 0.4) is 0 Å². The van der Waals surface area contributed by atoms with E-state index in [1.54, 1.807) is 0 Å². The summed E-state index contributed by atoms with van der Waals surface area (Å²) in [7, 11) is 0. The quantitative estimate of drug-likeness (QED) is 0.869. The monoisotopic (exact) mass is 387 g/mol. The van der Waals surface area contributed by atoms with Crippen LogP contribution >= 0.6 is 24.8 Å². The molecule has 1 fully saturated rings. The standard InChI is InChI=1S/C17H25N5O.2ClH/c1-13-5-4-6-14(11-13)22-9-7-21(8-10-22)12-15-19-16(20-23-15)17(2,3)18;;/h4-6,11H,7-10,12,18H2,1-3H3;2*1H. The van der Waals surface area contributed by atoms with Crippen LogP contribution < -0.4 is 10.6 Å². The molecule has 0 aliphatic carbocycles. The van der Waals surface area contributed by atoms with Crippen molar-refractivity contribution in [2.45, 2.75) is 32.9 Å². The molecule has 0 atom stereocenters. The van der Waals surface area contributed by atoms with Gasteiger partial charge in [0.25, 0.3) is 0 Å². The molecule has 1 aromatic carbocycles. The topological polar surface area (TPSA) is 71.4 Å². The van der Waals surface area contributed by atoms with Gasteiger partial charge in [-0.15, -0.1) is 24.8 Å². The Hall–Kier alpha value is -1.34. The third kappa shape index (κ3) is 5.57. The van der Waals surface area contributed by atoms with Crippen LogP contribution in [-0.4, -0.2) is 41.2 Å². The third-order valence-electron chi connectivity index (χ3n) is 4.14. The minimum absolute atomic E-state index is 0. The van der Waals surface area contributed by atoms with Crippen molar-refractivity contribution in [2.24, 2.45) is 5.73 Å². The second-order valence-corrected chi connectivity index (χ2v) is 6.84. The number of aryl methyl sites for hydroxylation is 1. The van der Waals surface area contributed by atoms with Crippen LogP contribution in [0.25, 0.3) is 0 Å². The predicted octanol–water partition coefficient (Wildman–Crippen LogP) is 2.74. The molecule has 3 rings (SSSR count). The van der Waals surface area contributed by atoms with Gasteiger partial charge in [-0.25, -0.2) is 0 Å². The van der Waals surface area contributed by atoms with E-state index < -0.39 is 5.54 Å². The van der Waals surface area contributed by atoms with Crippen LogP contribution in [0.4, 0.5) is 5.69 Å². The van der Waals surface area contributed by atoms with E-state index in [2.05, 4.69) is 51.1 Å². The molecule has 2 aromatic rings. The highest BCUT2D eigenvalue weighted by atomic mass is 35.5. The maximum atomic E-state index is 5.99. The number of aromatic nitrogens is 2. The first-order chi connectivity index (χ1) is 10.9. The first kappa shape index (κ1) is 21.7. The van der Waals surface area contributed by atoms with Gasteiger partial charge in [0.1, 0.15) is 0 Å². The molecule has 0 unspecified atom stereocenters. The molecule has 1 saturated heterocycles. The molecule has 1 aromatic heterocycles. The Morgan fingerprint density at radius 3 is 2.40 bits per heavy atom. The highest BCUT2D eigenvalue weighted by Crippen LogP contribution is 2.19. The van der Waals surface area contributed by atoms with Crippen LogP contribution in [0.2, 0.25) is 0 Å². The zero-order chi connectivity index (χ0) is 16.4. The Morgan fingerprint density at radius 2 is 1.84 bits per heavy atom. The van der Waals surface area contributed by atoms with E-state index >= 15 is 0 Å². The van der Waals surface area contributed by atoms with E-state index in [0.29, 0.717) is 18.3 Å². The van der Waals surface area contributed by atoms with Gasteiger partial charge in [0.05, 0.1) is 12.1 Å². The summed E-state index contributed by atoms with van der Waals surface area (Å²) in [5.41, 5.74) is 8.03. The predicted molar refractivity (Wildman–Crippen MR) is 105 cm³/mol. The number of anilines is 1. The number of piperazine rings is 1. The van der Waals surface area contributed by atoms with Gasteiger partial charge in [-0.1, -0.05) is 17.3 Å². The van der Waals surface area contributed by atoms with Gasteiger partial charge < -0.3 is 15.2 Å². The average Bonchev–Trinajstić information content (AvgIpc) is 2.97. The second-order valence-electron chi connectivity index (χ2n) is 6.84. The Kier molecular flexibility index (Phi) is 7.68. The van der Waals surface area contributed by atoms with Crippen molar-refractivity contribution in [3.63, 3.8) is 0 Å². The summed E-state index contributed by atoms with van der Waals surface area (Å²) in [6, 6.07) is 8.66. The summed E-state index contributed by atoms with van der Waals surface area (Å²) >= 11 is 0. The zero-order valence-electron chi connectivity index (χ0n) is 14.9. The summed E-state index contributed by atoms with van der Waals surface area (Å²) in [6.45, 7) is 10.6. The molecule has 0 saturated carbocycles. The highest BCUT2D eigenvalue weighted by Gasteiger charge is 2.23. The number of nitrogens with two attached hydrogens (primary N) is 1. The van der Waals surface area contributed by atoms with Gasteiger partial charge in [-0.3, -0.25) is 4.90 Å². The molecule has 2 heterocycles. The van der Waals surface area contributed by atoms with E-state index in [-0.39, 0.29) is 24.8 Å². The lowest BCUT2D eigenvalue weighted by Gasteiger charge is -2.35. The van der Waals surface area contributed by atoms with Gasteiger partial charge in [0, 0.05) is 31.9 Å². The fourth-order valence-electron chi connectivity index (χ4n) is 2.76. The van der Waals surface area contributed by atoms with E-state index in [9.17, 15) is 0 Å². The summed E-state index contributed by atoms with van der Waals surface area (Å²) in [6.07, 6.45) is 0. The van der Waals surface area contributed by atoms with Crippen LogP contribution in [0.1, 0.15) is 31.1 Å². The van der Waals surface area contributed by atoms with Crippen molar-refractivity contribution in [2.75, 3.05) is 31.1 Å². The number of hydrogen-bond acceptors (Lipinski definition) is 6. The maximum absolute atomic E-state index is 5.99.